The van der Waals surface area contributed by atoms with Gasteiger partial charge < -0.3 is 14.0 Å². The van der Waals surface area contributed by atoms with E-state index < -0.39 is 0 Å². The minimum Gasteiger partial charge on any atom is -0.496 e. The van der Waals surface area contributed by atoms with E-state index in [9.17, 15) is 0 Å². The standard InChI is InChI=1S/C31H27N2O2/c1-32-24(20-10-8-12-22-28(34-3)18-16-26(32)30(20)22)14-6-5-7-15-25-21-11-9-13-23-29(35-4)19-17-27(31(21)23)33(25)2/h5-19H,1-4H3/q+1. The molecule has 1 aliphatic rings. The van der Waals surface area contributed by atoms with E-state index in [0.717, 1.165) is 22.3 Å². The van der Waals surface area contributed by atoms with E-state index in [1.54, 1.807) is 14.2 Å². The van der Waals surface area contributed by atoms with Crippen LogP contribution in [0.1, 0.15) is 5.56 Å². The van der Waals surface area contributed by atoms with Crippen LogP contribution in [0.3, 0.4) is 0 Å². The van der Waals surface area contributed by atoms with Gasteiger partial charge in [-0.15, -0.1) is 0 Å². The van der Waals surface area contributed by atoms with Crippen molar-refractivity contribution < 1.29 is 14.0 Å². The largest absolute Gasteiger partial charge is 0.496 e. The first-order valence-electron chi connectivity index (χ1n) is 11.7. The number of aryl methyl sites for hydroxylation is 1. The molecule has 0 aliphatic carbocycles. The topological polar surface area (TPSA) is 26.4 Å². The molecule has 0 bridgehead atoms. The van der Waals surface area contributed by atoms with E-state index in [2.05, 4.69) is 102 Å². The Morgan fingerprint density at radius 1 is 0.743 bits per heavy atom. The third-order valence-electron chi connectivity index (χ3n) is 7.12. The Balaban J connectivity index is 1.37. The van der Waals surface area contributed by atoms with Crippen molar-refractivity contribution in [2.75, 3.05) is 21.3 Å². The van der Waals surface area contributed by atoms with E-state index in [4.69, 9.17) is 9.47 Å². The second-order valence-electron chi connectivity index (χ2n) is 8.83. The smallest absolute Gasteiger partial charge is 0.214 e. The van der Waals surface area contributed by atoms with Gasteiger partial charge in [0.1, 0.15) is 18.5 Å². The molecule has 0 unspecified atom stereocenters. The summed E-state index contributed by atoms with van der Waals surface area (Å²) in [7, 11) is 7.69. The lowest BCUT2D eigenvalue weighted by Gasteiger charge is -2.05. The average molecular weight is 460 g/mol. The Hall–Kier alpha value is -4.31. The molecule has 0 spiro atoms. The Morgan fingerprint density at radius 3 is 2.20 bits per heavy atom. The van der Waals surface area contributed by atoms with Crippen LogP contribution in [0.5, 0.6) is 11.5 Å². The predicted octanol–water partition coefficient (Wildman–Crippen LogP) is 5.89. The number of methoxy groups -OCH3 is 2. The van der Waals surface area contributed by atoms with Gasteiger partial charge in [-0.3, -0.25) is 0 Å². The molecule has 2 heterocycles. The predicted molar refractivity (Wildman–Crippen MR) is 145 cm³/mol. The van der Waals surface area contributed by atoms with Crippen LogP contribution < -0.4 is 14.8 Å². The molecule has 0 N–H and O–H groups in total. The highest BCUT2D eigenvalue weighted by atomic mass is 16.5. The second-order valence-corrected chi connectivity index (χ2v) is 8.83. The Morgan fingerprint density at radius 2 is 1.43 bits per heavy atom. The third kappa shape index (κ3) is 3.10. The zero-order valence-electron chi connectivity index (χ0n) is 20.4. The van der Waals surface area contributed by atoms with Crippen LogP contribution in [0.25, 0.3) is 38.5 Å². The van der Waals surface area contributed by atoms with Gasteiger partial charge in [0, 0.05) is 51.6 Å². The van der Waals surface area contributed by atoms with Crippen LogP contribution in [0.2, 0.25) is 0 Å². The lowest BCUT2D eigenvalue weighted by atomic mass is 10.0. The van der Waals surface area contributed by atoms with Gasteiger partial charge in [-0.25, -0.2) is 0 Å². The van der Waals surface area contributed by atoms with Gasteiger partial charge in [0.15, 0.2) is 0 Å². The molecule has 0 fully saturated rings. The van der Waals surface area contributed by atoms with Crippen LogP contribution in [0.15, 0.2) is 85.0 Å². The van der Waals surface area contributed by atoms with Gasteiger partial charge >= 0.3 is 0 Å². The summed E-state index contributed by atoms with van der Waals surface area (Å²) >= 11 is 0. The average Bonchev–Trinajstić information content (AvgIpc) is 3.32. The molecule has 4 aromatic carbocycles. The number of benzene rings is 4. The molecule has 6 rings (SSSR count). The molecule has 1 aliphatic heterocycles. The van der Waals surface area contributed by atoms with E-state index in [0.29, 0.717) is 0 Å². The molecule has 0 amide bonds. The molecule has 5 aromatic rings. The van der Waals surface area contributed by atoms with Crippen molar-refractivity contribution in [3.8, 4) is 11.5 Å². The monoisotopic (exact) mass is 459 g/mol. The van der Waals surface area contributed by atoms with Gasteiger partial charge in [0.05, 0.1) is 25.2 Å². The first kappa shape index (κ1) is 21.2. The van der Waals surface area contributed by atoms with Crippen molar-refractivity contribution in [3.63, 3.8) is 0 Å². The van der Waals surface area contributed by atoms with Crippen molar-refractivity contribution in [3.05, 3.63) is 95.9 Å². The van der Waals surface area contributed by atoms with Crippen LogP contribution in [0.4, 0.5) is 5.69 Å². The summed E-state index contributed by atoms with van der Waals surface area (Å²) in [4.78, 5) is 0. The molecule has 1 aromatic heterocycles. The molecular formula is C31H27N2O2+. The van der Waals surface area contributed by atoms with Crippen molar-refractivity contribution in [2.45, 2.75) is 0 Å². The molecule has 0 saturated carbocycles. The normalized spacial score (nSPS) is 14.1. The SMILES string of the molecule is COc1ccc2c3c(cccc13)C(/C=C/C=C/C=c1/c3cccc4c(OC)ccc(c43)n1C)=[N+]2C. The molecule has 172 valence electrons. The number of nitrogens with zero attached hydrogens (tertiary/aromatic N) is 2. The molecule has 4 heteroatoms. The minimum atomic E-state index is 0.907. The van der Waals surface area contributed by atoms with Crippen molar-refractivity contribution in [1.82, 2.24) is 4.57 Å². The van der Waals surface area contributed by atoms with E-state index in [-0.39, 0.29) is 0 Å². The van der Waals surface area contributed by atoms with Crippen LogP contribution in [-0.2, 0) is 7.05 Å². The number of hydrogen-bond acceptors (Lipinski definition) is 2. The van der Waals surface area contributed by atoms with Gasteiger partial charge in [0.2, 0.25) is 11.4 Å². The first-order chi connectivity index (χ1) is 17.1. The lowest BCUT2D eigenvalue weighted by molar-refractivity contribution is -0.399. The van der Waals surface area contributed by atoms with Gasteiger partial charge in [0.25, 0.3) is 0 Å². The lowest BCUT2D eigenvalue weighted by Crippen LogP contribution is -2.11. The molecular weight excluding hydrogens is 432 g/mol. The number of rotatable bonds is 5. The second kappa shape index (κ2) is 8.17. The maximum Gasteiger partial charge on any atom is 0.214 e. The Labute approximate surface area is 204 Å². The summed E-state index contributed by atoms with van der Waals surface area (Å²) < 4.78 is 15.7. The Bertz CT molecular complexity index is 1780. The van der Waals surface area contributed by atoms with Gasteiger partial charge in [-0.2, -0.15) is 4.58 Å². The summed E-state index contributed by atoms with van der Waals surface area (Å²) in [6, 6.07) is 21.2. The van der Waals surface area contributed by atoms with E-state index in [1.807, 2.05) is 12.1 Å². The molecule has 4 nitrogen and oxygen atoms in total. The summed E-state index contributed by atoms with van der Waals surface area (Å²) in [5.41, 5.74) is 4.82. The summed E-state index contributed by atoms with van der Waals surface area (Å²) in [5.74, 6) is 1.81. The molecule has 0 atom stereocenters. The van der Waals surface area contributed by atoms with Gasteiger partial charge in [-0.1, -0.05) is 48.6 Å². The number of ether oxygens (including phenoxy) is 2. The highest BCUT2D eigenvalue weighted by Gasteiger charge is 2.28. The number of aromatic nitrogens is 1. The van der Waals surface area contributed by atoms with E-state index in [1.165, 1.54) is 44.0 Å². The highest BCUT2D eigenvalue weighted by Crippen LogP contribution is 2.39. The molecule has 35 heavy (non-hydrogen) atoms. The maximum absolute atomic E-state index is 5.59. The minimum absolute atomic E-state index is 0.907. The van der Waals surface area contributed by atoms with Crippen molar-refractivity contribution in [2.24, 2.45) is 7.05 Å². The van der Waals surface area contributed by atoms with Crippen LogP contribution in [-0.4, -0.2) is 36.1 Å². The summed E-state index contributed by atoms with van der Waals surface area (Å²) in [6.45, 7) is 0. The fourth-order valence-electron chi connectivity index (χ4n) is 5.45. The van der Waals surface area contributed by atoms with Crippen molar-refractivity contribution in [1.29, 1.82) is 0 Å². The first-order valence-corrected chi connectivity index (χ1v) is 11.7. The summed E-state index contributed by atoms with van der Waals surface area (Å²) in [6.07, 6.45) is 10.7. The zero-order chi connectivity index (χ0) is 24.1. The Kier molecular flexibility index (Phi) is 4.96. The third-order valence-corrected chi connectivity index (χ3v) is 7.12. The molecule has 0 radical (unpaired) electrons. The van der Waals surface area contributed by atoms with Crippen molar-refractivity contribution >= 4 is 49.9 Å². The number of allylic oxidation sites excluding steroid dienone is 4. The quantitative estimate of drug-likeness (QED) is 0.242. The maximum atomic E-state index is 5.59. The van der Waals surface area contributed by atoms with Crippen LogP contribution >= 0.6 is 0 Å². The van der Waals surface area contributed by atoms with E-state index >= 15 is 0 Å². The zero-order valence-corrected chi connectivity index (χ0v) is 20.4. The van der Waals surface area contributed by atoms with Crippen LogP contribution in [0, 0.1) is 0 Å². The highest BCUT2D eigenvalue weighted by molar-refractivity contribution is 6.20. The van der Waals surface area contributed by atoms with Gasteiger partial charge in [-0.05, 0) is 30.3 Å². The summed E-state index contributed by atoms with van der Waals surface area (Å²) in [5, 5.41) is 7.19. The number of hydrogen-bond donors (Lipinski definition) is 0. The molecule has 0 saturated heterocycles. The fourth-order valence-corrected chi connectivity index (χ4v) is 5.45. The fraction of sp³-hybridized carbons (Fsp3) is 0.129.